The number of aromatic amines is 1. The zero-order valence-corrected chi connectivity index (χ0v) is 8.51. The van der Waals surface area contributed by atoms with Gasteiger partial charge in [-0.15, -0.1) is 0 Å². The monoisotopic (exact) mass is 214 g/mol. The fraction of sp³-hybridized carbons (Fsp3) is 0.167. The van der Waals surface area contributed by atoms with Crippen molar-refractivity contribution in [2.24, 2.45) is 0 Å². The Labute approximate surface area is 92.2 Å². The molecule has 1 N–H and O–H groups in total. The number of carbonyl (C=O) groups is 1. The Balaban J connectivity index is 2.02. The van der Waals surface area contributed by atoms with Crippen molar-refractivity contribution < 1.29 is 9.53 Å². The van der Waals surface area contributed by atoms with Gasteiger partial charge in [0.05, 0.1) is 12.8 Å². The molecule has 0 saturated carbocycles. The topological polar surface area (TPSA) is 58.3 Å². The minimum absolute atomic E-state index is 0.0173. The highest BCUT2D eigenvalue weighted by Gasteiger charge is 2.34. The summed E-state index contributed by atoms with van der Waals surface area (Å²) in [4.78, 5) is 11.9. The highest BCUT2D eigenvalue weighted by molar-refractivity contribution is 6.04. The van der Waals surface area contributed by atoms with Crippen LogP contribution in [0.4, 0.5) is 0 Å². The molecule has 80 valence electrons. The van der Waals surface area contributed by atoms with E-state index in [9.17, 15) is 4.79 Å². The highest BCUT2D eigenvalue weighted by Crippen LogP contribution is 2.25. The van der Waals surface area contributed by atoms with Crippen LogP contribution in [0.2, 0.25) is 0 Å². The molecule has 1 fully saturated rings. The summed E-state index contributed by atoms with van der Waals surface area (Å²) in [6.45, 7) is 0.520. The van der Waals surface area contributed by atoms with Gasteiger partial charge in [-0.25, -0.2) is 0 Å². The number of Topliss-reactive ketones (excluding diaryl/α,β-unsaturated/α-hetero) is 1. The maximum absolute atomic E-state index is 11.9. The first-order valence-corrected chi connectivity index (χ1v) is 5.11. The van der Waals surface area contributed by atoms with E-state index in [1.54, 1.807) is 6.20 Å². The summed E-state index contributed by atoms with van der Waals surface area (Å²) in [5.41, 5.74) is 2.36. The number of carbonyl (C=O) groups excluding carboxylic acids is 1. The van der Waals surface area contributed by atoms with Gasteiger partial charge in [0.1, 0.15) is 11.8 Å². The van der Waals surface area contributed by atoms with E-state index in [2.05, 4.69) is 10.2 Å². The van der Waals surface area contributed by atoms with E-state index in [1.165, 1.54) is 0 Å². The van der Waals surface area contributed by atoms with Crippen molar-refractivity contribution in [3.05, 3.63) is 42.2 Å². The number of rotatable bonds is 3. The van der Waals surface area contributed by atoms with E-state index in [-0.39, 0.29) is 11.9 Å². The van der Waals surface area contributed by atoms with Gasteiger partial charge in [0.2, 0.25) is 5.78 Å². The molecule has 2 aromatic rings. The number of hydrogen-bond donors (Lipinski definition) is 1. The van der Waals surface area contributed by atoms with Gasteiger partial charge in [0.15, 0.2) is 0 Å². The van der Waals surface area contributed by atoms with Crippen molar-refractivity contribution in [3.63, 3.8) is 0 Å². The molecule has 1 aromatic heterocycles. The van der Waals surface area contributed by atoms with E-state index in [0.717, 1.165) is 11.1 Å². The number of ether oxygens (including phenoxy) is 1. The first kappa shape index (κ1) is 9.30. The molecule has 0 radical (unpaired) electrons. The SMILES string of the molecule is O=C(c1[nH]ncc1-c1ccccc1)[C@H]1CO1. The van der Waals surface area contributed by atoms with E-state index in [4.69, 9.17) is 4.74 Å². The zero-order chi connectivity index (χ0) is 11.0. The second-order valence-electron chi connectivity index (χ2n) is 3.71. The molecule has 0 aliphatic carbocycles. The number of epoxide rings is 1. The molecular weight excluding hydrogens is 204 g/mol. The van der Waals surface area contributed by atoms with Gasteiger partial charge in [0.25, 0.3) is 0 Å². The lowest BCUT2D eigenvalue weighted by atomic mass is 10.0. The van der Waals surface area contributed by atoms with Crippen LogP contribution < -0.4 is 0 Å². The van der Waals surface area contributed by atoms with Gasteiger partial charge in [-0.2, -0.15) is 5.10 Å². The van der Waals surface area contributed by atoms with Crippen molar-refractivity contribution in [2.45, 2.75) is 6.10 Å². The molecule has 3 rings (SSSR count). The molecule has 2 heterocycles. The average Bonchev–Trinajstić information content (AvgIpc) is 3.06. The van der Waals surface area contributed by atoms with Crippen LogP contribution in [-0.2, 0) is 4.74 Å². The van der Waals surface area contributed by atoms with Crippen LogP contribution in [0.1, 0.15) is 10.5 Å². The van der Waals surface area contributed by atoms with E-state index < -0.39 is 0 Å². The molecule has 1 aliphatic rings. The zero-order valence-electron chi connectivity index (χ0n) is 8.51. The van der Waals surface area contributed by atoms with Crippen LogP contribution in [0, 0.1) is 0 Å². The number of benzene rings is 1. The molecule has 16 heavy (non-hydrogen) atoms. The van der Waals surface area contributed by atoms with Crippen LogP contribution in [0.5, 0.6) is 0 Å². The number of ketones is 1. The molecule has 0 bridgehead atoms. The number of aromatic nitrogens is 2. The summed E-state index contributed by atoms with van der Waals surface area (Å²) in [5.74, 6) is -0.0173. The van der Waals surface area contributed by atoms with E-state index in [1.807, 2.05) is 30.3 Å². The number of nitrogens with one attached hydrogen (secondary N) is 1. The fourth-order valence-electron chi connectivity index (χ4n) is 1.67. The summed E-state index contributed by atoms with van der Waals surface area (Å²) >= 11 is 0. The molecule has 1 aromatic carbocycles. The van der Waals surface area contributed by atoms with Gasteiger partial charge in [-0.1, -0.05) is 30.3 Å². The van der Waals surface area contributed by atoms with Crippen molar-refractivity contribution in [2.75, 3.05) is 6.61 Å². The first-order chi connectivity index (χ1) is 7.86. The largest absolute Gasteiger partial charge is 0.364 e. The van der Waals surface area contributed by atoms with Crippen molar-refractivity contribution >= 4 is 5.78 Å². The molecule has 0 unspecified atom stereocenters. The van der Waals surface area contributed by atoms with Crippen molar-refractivity contribution in [1.29, 1.82) is 0 Å². The minimum Gasteiger partial charge on any atom is -0.364 e. The minimum atomic E-state index is -0.275. The third-order valence-corrected chi connectivity index (χ3v) is 2.60. The summed E-state index contributed by atoms with van der Waals surface area (Å²) in [5, 5.41) is 6.67. The average molecular weight is 214 g/mol. The molecule has 0 amide bonds. The number of nitrogens with zero attached hydrogens (tertiary/aromatic N) is 1. The van der Waals surface area contributed by atoms with Gasteiger partial charge < -0.3 is 4.74 Å². The van der Waals surface area contributed by atoms with Gasteiger partial charge >= 0.3 is 0 Å². The smallest absolute Gasteiger partial charge is 0.212 e. The summed E-state index contributed by atoms with van der Waals surface area (Å²) in [6, 6.07) is 9.72. The first-order valence-electron chi connectivity index (χ1n) is 5.11. The lowest BCUT2D eigenvalue weighted by Crippen LogP contribution is -2.08. The summed E-state index contributed by atoms with van der Waals surface area (Å²) < 4.78 is 4.99. The Hall–Kier alpha value is -1.94. The predicted octanol–water partition coefficient (Wildman–Crippen LogP) is 1.66. The third-order valence-electron chi connectivity index (χ3n) is 2.60. The van der Waals surface area contributed by atoms with E-state index >= 15 is 0 Å². The van der Waals surface area contributed by atoms with Gasteiger partial charge in [0, 0.05) is 5.56 Å². The lowest BCUT2D eigenvalue weighted by Gasteiger charge is -2.00. The third kappa shape index (κ3) is 1.53. The highest BCUT2D eigenvalue weighted by atomic mass is 16.6. The number of H-pyrrole nitrogens is 1. The Kier molecular flexibility index (Phi) is 2.08. The summed E-state index contributed by atoms with van der Waals surface area (Å²) in [6.07, 6.45) is 1.40. The predicted molar refractivity (Wildman–Crippen MR) is 58.1 cm³/mol. The molecule has 4 nitrogen and oxygen atoms in total. The Bertz CT molecular complexity index is 515. The Morgan fingerprint density at radius 3 is 2.81 bits per heavy atom. The van der Waals surface area contributed by atoms with Crippen LogP contribution in [0.3, 0.4) is 0 Å². The van der Waals surface area contributed by atoms with Gasteiger partial charge in [-0.05, 0) is 5.56 Å². The Morgan fingerprint density at radius 1 is 1.38 bits per heavy atom. The molecule has 1 atom stereocenters. The quantitative estimate of drug-likeness (QED) is 0.624. The second-order valence-corrected chi connectivity index (χ2v) is 3.71. The van der Waals surface area contributed by atoms with Crippen LogP contribution >= 0.6 is 0 Å². The molecule has 1 saturated heterocycles. The molecule has 1 aliphatic heterocycles. The normalized spacial score (nSPS) is 18.4. The van der Waals surface area contributed by atoms with Crippen LogP contribution in [-0.4, -0.2) is 28.7 Å². The lowest BCUT2D eigenvalue weighted by molar-refractivity contribution is 0.0949. The molecular formula is C12H10N2O2. The van der Waals surface area contributed by atoms with E-state index in [0.29, 0.717) is 12.3 Å². The van der Waals surface area contributed by atoms with Crippen molar-refractivity contribution in [3.8, 4) is 11.1 Å². The number of hydrogen-bond acceptors (Lipinski definition) is 3. The summed E-state index contributed by atoms with van der Waals surface area (Å²) in [7, 11) is 0. The maximum Gasteiger partial charge on any atom is 0.212 e. The van der Waals surface area contributed by atoms with Crippen molar-refractivity contribution in [1.82, 2.24) is 10.2 Å². The Morgan fingerprint density at radius 2 is 2.12 bits per heavy atom. The molecule has 0 spiro atoms. The van der Waals surface area contributed by atoms with Gasteiger partial charge in [-0.3, -0.25) is 9.89 Å². The standard InChI is InChI=1S/C12H10N2O2/c15-12(10-7-16-10)11-9(6-13-14-11)8-4-2-1-3-5-8/h1-6,10H,7H2,(H,13,14)/t10-/m1/s1. The molecule has 4 heteroatoms. The maximum atomic E-state index is 11.9. The fourth-order valence-corrected chi connectivity index (χ4v) is 1.67. The van der Waals surface area contributed by atoms with Crippen LogP contribution in [0.15, 0.2) is 36.5 Å². The van der Waals surface area contributed by atoms with Crippen LogP contribution in [0.25, 0.3) is 11.1 Å². The second kappa shape index (κ2) is 3.57.